The Morgan fingerprint density at radius 3 is 2.51 bits per heavy atom. The van der Waals surface area contributed by atoms with Crippen molar-refractivity contribution in [2.24, 2.45) is 73.4 Å². The number of carbonyl (C=O) groups excluding carboxylic acids is 2. The normalized spacial score (nSPS) is 48.7. The highest BCUT2D eigenvalue weighted by molar-refractivity contribution is 5.97. The van der Waals surface area contributed by atoms with Crippen LogP contribution < -0.4 is 10.4 Å². The molecule has 0 aliphatic heterocycles. The molecule has 0 radical (unpaired) electrons. The number of hydrogen-bond donors (Lipinski definition) is 5. The number of ether oxygens (including phenoxy) is 1. The standard InChI is InChI=1S/C55H72O8/c1-48-18-5-8-21-53(62)24-15-37-47(61)55(53,51(32-48)19-6-7-20-51)40(30-48)39-29-42(58)46-52(50(37,39)3)22-14-34-27-36-33(11-9-12-35(36)41(57)13-10-26-63-4)28-38(34)54(46)25-17-44(59)49(2,45(60)31-56)43(54)16-23-52/h9,11-12,27-29,34,37-38,40,43-47,56,59-62H,5-7,10,13-20,22-26,30-32H2,1-4H3. The van der Waals surface area contributed by atoms with E-state index in [2.05, 4.69) is 50.0 Å². The van der Waals surface area contributed by atoms with E-state index in [0.29, 0.717) is 51.6 Å². The van der Waals surface area contributed by atoms with Crippen LogP contribution in [0.3, 0.4) is 0 Å². The molecule has 1 aromatic rings. The largest absolute Gasteiger partial charge is 0.394 e. The van der Waals surface area contributed by atoms with E-state index in [9.17, 15) is 30.3 Å². The van der Waals surface area contributed by atoms with Gasteiger partial charge < -0.3 is 30.3 Å². The minimum absolute atomic E-state index is 0.00715. The molecule has 11 aliphatic carbocycles. The third-order valence-electron chi connectivity index (χ3n) is 22.0. The van der Waals surface area contributed by atoms with Crippen molar-refractivity contribution in [2.75, 3.05) is 20.3 Å². The molecule has 0 heterocycles. The first-order chi connectivity index (χ1) is 30.1. The second-order valence-corrected chi connectivity index (χ2v) is 23.9. The summed E-state index contributed by atoms with van der Waals surface area (Å²) in [5.74, 6) is 6.04. The topological polar surface area (TPSA) is 145 Å². The van der Waals surface area contributed by atoms with Crippen molar-refractivity contribution >= 4 is 23.7 Å². The molecule has 8 nitrogen and oxygen atoms in total. The number of hydrogen-bond acceptors (Lipinski definition) is 8. The predicted molar refractivity (Wildman–Crippen MR) is 240 cm³/mol. The van der Waals surface area contributed by atoms with Crippen LogP contribution in [0.1, 0.15) is 147 Å². The van der Waals surface area contributed by atoms with Crippen LogP contribution in [0.2, 0.25) is 0 Å². The van der Waals surface area contributed by atoms with E-state index in [1.165, 1.54) is 5.57 Å². The second-order valence-electron chi connectivity index (χ2n) is 23.9. The van der Waals surface area contributed by atoms with Gasteiger partial charge in [-0.15, -0.1) is 5.92 Å². The Morgan fingerprint density at radius 2 is 1.75 bits per heavy atom. The van der Waals surface area contributed by atoms with Gasteiger partial charge in [0.25, 0.3) is 0 Å². The van der Waals surface area contributed by atoms with Crippen LogP contribution in [0, 0.1) is 85.3 Å². The van der Waals surface area contributed by atoms with E-state index < -0.39 is 63.5 Å². The van der Waals surface area contributed by atoms with Crippen molar-refractivity contribution in [1.29, 1.82) is 0 Å². The molecule has 0 aromatic heterocycles. The number of allylic oxidation sites excluding steroid dienone is 2. The quantitative estimate of drug-likeness (QED) is 0.124. The van der Waals surface area contributed by atoms with Crippen LogP contribution in [-0.2, 0) is 9.53 Å². The summed E-state index contributed by atoms with van der Waals surface area (Å²) in [7, 11) is 1.66. The average molecular weight is 861 g/mol. The van der Waals surface area contributed by atoms with Crippen molar-refractivity contribution in [2.45, 2.75) is 160 Å². The molecule has 63 heavy (non-hydrogen) atoms. The molecule has 16 atom stereocenters. The molecular formula is C55H72O8. The summed E-state index contributed by atoms with van der Waals surface area (Å²) in [5.41, 5.74) is -3.49. The summed E-state index contributed by atoms with van der Waals surface area (Å²) in [5, 5.41) is 64.0. The monoisotopic (exact) mass is 861 g/mol. The van der Waals surface area contributed by atoms with Gasteiger partial charge in [-0.3, -0.25) is 9.59 Å². The van der Waals surface area contributed by atoms with Crippen molar-refractivity contribution < 1.29 is 39.9 Å². The molecular weight excluding hydrogens is 789 g/mol. The SMILES string of the molecule is COCCCC(=O)c1cccc2c1=CC1CCC34CCC5C(C)(C(O)CO)C(O)CCC5(C1C=2)C3C(=O)C=C1C2CC3(C)CCC#CC5(O)CCC(C(O)C25C2(CCCC2)C3)C14C. The Kier molecular flexibility index (Phi) is 9.68. The van der Waals surface area contributed by atoms with Crippen LogP contribution in [0.25, 0.3) is 12.2 Å². The maximum Gasteiger partial charge on any atom is 0.163 e. The first-order valence-electron chi connectivity index (χ1n) is 25.1. The molecule has 5 bridgehead atoms. The molecule has 340 valence electrons. The number of Topliss-reactive ketones (excluding diaryl/α,β-unsaturated/α-hetero) is 1. The molecule has 7 fully saturated rings. The molecule has 0 amide bonds. The number of methoxy groups -OCH3 is 1. The maximum atomic E-state index is 16.3. The molecule has 3 spiro atoms. The molecule has 12 rings (SSSR count). The van der Waals surface area contributed by atoms with Gasteiger partial charge in [-0.05, 0) is 158 Å². The van der Waals surface area contributed by atoms with Crippen LogP contribution in [0.15, 0.2) is 29.8 Å². The van der Waals surface area contributed by atoms with Gasteiger partial charge in [0, 0.05) is 54.3 Å². The number of ketones is 2. The van der Waals surface area contributed by atoms with Crippen molar-refractivity contribution in [3.05, 3.63) is 45.8 Å². The number of carbonyl (C=O) groups is 2. The van der Waals surface area contributed by atoms with Gasteiger partial charge in [-0.25, -0.2) is 0 Å². The molecule has 8 heteroatoms. The zero-order chi connectivity index (χ0) is 44.2. The van der Waals surface area contributed by atoms with Gasteiger partial charge in [-0.1, -0.05) is 75.5 Å². The van der Waals surface area contributed by atoms with Gasteiger partial charge in [0.2, 0.25) is 0 Å². The Morgan fingerprint density at radius 1 is 0.968 bits per heavy atom. The number of benzene rings is 1. The van der Waals surface area contributed by atoms with E-state index in [0.717, 1.165) is 86.6 Å². The molecule has 11 aliphatic rings. The Labute approximate surface area is 374 Å². The summed E-state index contributed by atoms with van der Waals surface area (Å²) in [6, 6.07) is 6.04. The summed E-state index contributed by atoms with van der Waals surface area (Å²) >= 11 is 0. The van der Waals surface area contributed by atoms with Gasteiger partial charge >= 0.3 is 0 Å². The molecule has 7 saturated carbocycles. The number of rotatable bonds is 7. The maximum absolute atomic E-state index is 16.3. The molecule has 0 saturated heterocycles. The lowest BCUT2D eigenvalue weighted by molar-refractivity contribution is -0.321. The van der Waals surface area contributed by atoms with E-state index in [1.807, 2.05) is 19.1 Å². The third-order valence-corrected chi connectivity index (χ3v) is 22.0. The average Bonchev–Trinajstić information content (AvgIpc) is 3.72. The smallest absolute Gasteiger partial charge is 0.163 e. The number of fused-ring (bicyclic) bond motifs is 7. The highest BCUT2D eigenvalue weighted by Gasteiger charge is 2.84. The molecule has 1 aromatic carbocycles. The first kappa shape index (κ1) is 43.0. The Hall–Kier alpha value is -2.64. The number of aliphatic hydroxyl groups excluding tert-OH is 4. The Balaban J connectivity index is 1.16. The summed E-state index contributed by atoms with van der Waals surface area (Å²) in [6.07, 6.45) is 17.8. The summed E-state index contributed by atoms with van der Waals surface area (Å²) < 4.78 is 5.30. The van der Waals surface area contributed by atoms with Crippen LogP contribution in [0.4, 0.5) is 0 Å². The van der Waals surface area contributed by atoms with Gasteiger partial charge in [-0.2, -0.15) is 0 Å². The number of aliphatic hydroxyl groups is 5. The second kappa shape index (κ2) is 14.2. The van der Waals surface area contributed by atoms with Crippen molar-refractivity contribution in [1.82, 2.24) is 0 Å². The summed E-state index contributed by atoms with van der Waals surface area (Å²) in [4.78, 5) is 30.2. The summed E-state index contributed by atoms with van der Waals surface area (Å²) in [6.45, 7) is 6.90. The van der Waals surface area contributed by atoms with Gasteiger partial charge in [0.1, 0.15) is 5.60 Å². The zero-order valence-corrected chi connectivity index (χ0v) is 38.3. The minimum Gasteiger partial charge on any atom is -0.394 e. The zero-order valence-electron chi connectivity index (χ0n) is 38.3. The highest BCUT2D eigenvalue weighted by atomic mass is 16.5. The molecule has 16 unspecified atom stereocenters. The predicted octanol–water partition coefficient (Wildman–Crippen LogP) is 6.20. The van der Waals surface area contributed by atoms with Crippen molar-refractivity contribution in [3.63, 3.8) is 0 Å². The van der Waals surface area contributed by atoms with E-state index >= 15 is 4.79 Å². The first-order valence-corrected chi connectivity index (χ1v) is 25.1. The minimum atomic E-state index is -1.35. The Bertz CT molecular complexity index is 2330. The van der Waals surface area contributed by atoms with E-state index in [1.54, 1.807) is 7.11 Å². The van der Waals surface area contributed by atoms with E-state index in [-0.39, 0.29) is 52.0 Å². The molecule has 5 N–H and O–H groups in total. The van der Waals surface area contributed by atoms with E-state index in [4.69, 9.17) is 4.74 Å². The fourth-order valence-electron chi connectivity index (χ4n) is 19.9. The third kappa shape index (κ3) is 5.07. The van der Waals surface area contributed by atoms with Gasteiger partial charge in [0.15, 0.2) is 11.6 Å². The lowest BCUT2D eigenvalue weighted by Gasteiger charge is -2.79. The lowest BCUT2D eigenvalue weighted by Crippen LogP contribution is -2.80. The van der Waals surface area contributed by atoms with Crippen LogP contribution in [-0.4, -0.2) is 81.3 Å². The van der Waals surface area contributed by atoms with Gasteiger partial charge in [0.05, 0.1) is 24.9 Å². The lowest BCUT2D eigenvalue weighted by atomic mass is 9.25. The fourth-order valence-corrected chi connectivity index (χ4v) is 19.9. The van der Waals surface area contributed by atoms with Crippen LogP contribution in [0.5, 0.6) is 0 Å². The highest BCUT2D eigenvalue weighted by Crippen LogP contribution is 2.85. The fraction of sp³-hybridized carbons (Fsp3) is 0.745. The van der Waals surface area contributed by atoms with Crippen LogP contribution >= 0.6 is 0 Å². The van der Waals surface area contributed by atoms with Crippen molar-refractivity contribution in [3.8, 4) is 11.8 Å².